The van der Waals surface area contributed by atoms with E-state index in [1.54, 1.807) is 0 Å². The zero-order valence-electron chi connectivity index (χ0n) is 17.6. The number of aromatic nitrogens is 6. The van der Waals surface area contributed by atoms with Crippen molar-refractivity contribution in [2.24, 2.45) is 0 Å². The van der Waals surface area contributed by atoms with Gasteiger partial charge in [-0.1, -0.05) is 54.6 Å². The number of para-hydroxylation sites is 3. The zero-order valence-corrected chi connectivity index (χ0v) is 17.6. The summed E-state index contributed by atoms with van der Waals surface area (Å²) in [7, 11) is 0. The maximum Gasteiger partial charge on any atom is 0.240 e. The molecule has 3 aromatic carbocycles. The fourth-order valence-electron chi connectivity index (χ4n) is 4.44. The van der Waals surface area contributed by atoms with Crippen LogP contribution >= 0.6 is 0 Å². The van der Waals surface area contributed by atoms with Crippen molar-refractivity contribution in [1.82, 2.24) is 28.7 Å². The van der Waals surface area contributed by atoms with Crippen molar-refractivity contribution in [3.8, 4) is 17.8 Å². The summed E-state index contributed by atoms with van der Waals surface area (Å²) in [6, 6.07) is 30.9. The van der Waals surface area contributed by atoms with Crippen molar-refractivity contribution in [1.29, 1.82) is 0 Å². The highest BCUT2D eigenvalue weighted by Gasteiger charge is 2.15. The van der Waals surface area contributed by atoms with Crippen molar-refractivity contribution in [2.45, 2.75) is 0 Å². The van der Waals surface area contributed by atoms with Crippen LogP contribution in [0.25, 0.3) is 50.6 Å². The lowest BCUT2D eigenvalue weighted by atomic mass is 10.2. The van der Waals surface area contributed by atoms with E-state index in [0.717, 1.165) is 32.7 Å². The second kappa shape index (κ2) is 6.90. The Kier molecular flexibility index (Phi) is 3.75. The highest BCUT2D eigenvalue weighted by molar-refractivity contribution is 5.83. The molecule has 4 heterocycles. The van der Waals surface area contributed by atoms with Gasteiger partial charge in [-0.3, -0.25) is 13.7 Å². The van der Waals surface area contributed by atoms with E-state index in [2.05, 4.69) is 54.6 Å². The summed E-state index contributed by atoms with van der Waals surface area (Å²) in [5.41, 5.74) is 3.15. The molecule has 4 aromatic heterocycles. The van der Waals surface area contributed by atoms with Gasteiger partial charge >= 0.3 is 0 Å². The van der Waals surface area contributed by atoms with E-state index in [-0.39, 0.29) is 0 Å². The van der Waals surface area contributed by atoms with Gasteiger partial charge in [0, 0.05) is 34.7 Å². The third-order valence-corrected chi connectivity index (χ3v) is 6.04. The Hall–Kier alpha value is -4.71. The Labute approximate surface area is 189 Å². The van der Waals surface area contributed by atoms with Gasteiger partial charge in [0.1, 0.15) is 0 Å². The van der Waals surface area contributed by atoms with Crippen LogP contribution in [-0.2, 0) is 0 Å². The van der Waals surface area contributed by atoms with Gasteiger partial charge in [-0.2, -0.15) is 15.0 Å². The van der Waals surface area contributed by atoms with E-state index < -0.39 is 0 Å². The number of fused-ring (bicyclic) bond motifs is 3. The Balaban J connectivity index is 1.52. The van der Waals surface area contributed by atoms with Crippen molar-refractivity contribution >= 4 is 32.7 Å². The lowest BCUT2D eigenvalue weighted by Gasteiger charge is -2.11. The molecule has 0 amide bonds. The maximum atomic E-state index is 4.90. The summed E-state index contributed by atoms with van der Waals surface area (Å²) in [5, 5.41) is 3.41. The first-order valence-electron chi connectivity index (χ1n) is 10.8. The summed E-state index contributed by atoms with van der Waals surface area (Å²) >= 11 is 0. The van der Waals surface area contributed by atoms with Gasteiger partial charge < -0.3 is 0 Å². The van der Waals surface area contributed by atoms with E-state index in [9.17, 15) is 0 Å². The average Bonchev–Trinajstić information content (AvgIpc) is 3.60. The fraction of sp³-hybridized carbons (Fsp3) is 0. The van der Waals surface area contributed by atoms with Gasteiger partial charge in [0.2, 0.25) is 17.8 Å². The van der Waals surface area contributed by atoms with Crippen LogP contribution in [0.15, 0.2) is 110 Å². The summed E-state index contributed by atoms with van der Waals surface area (Å²) in [6.07, 6.45) is 6.03. The first kappa shape index (κ1) is 17.9. The molecule has 0 aliphatic rings. The van der Waals surface area contributed by atoms with E-state index in [1.165, 1.54) is 0 Å². The fourth-order valence-corrected chi connectivity index (χ4v) is 4.44. The van der Waals surface area contributed by atoms with Crippen molar-refractivity contribution < 1.29 is 0 Å². The number of benzene rings is 3. The highest BCUT2D eigenvalue weighted by atomic mass is 15.3. The molecule has 0 atom stereocenters. The zero-order chi connectivity index (χ0) is 21.8. The molecule has 0 saturated heterocycles. The van der Waals surface area contributed by atoms with Gasteiger partial charge in [-0.25, -0.2) is 0 Å². The number of rotatable bonds is 3. The smallest absolute Gasteiger partial charge is 0.240 e. The van der Waals surface area contributed by atoms with E-state index >= 15 is 0 Å². The molecule has 0 radical (unpaired) electrons. The minimum absolute atomic E-state index is 0.576. The van der Waals surface area contributed by atoms with Crippen LogP contribution in [0.4, 0.5) is 0 Å². The third kappa shape index (κ3) is 2.78. The SMILES string of the molecule is c1ccc2c(c1)ccn2-c1nc(-n2ccc3ccccc32)nc(-n2ccc3ccccc32)n1. The molecule has 0 N–H and O–H groups in total. The maximum absolute atomic E-state index is 4.90. The molecule has 0 aliphatic carbocycles. The van der Waals surface area contributed by atoms with Crippen molar-refractivity contribution in [3.05, 3.63) is 110 Å². The molecule has 7 rings (SSSR count). The summed E-state index contributed by atoms with van der Waals surface area (Å²) in [4.78, 5) is 14.7. The van der Waals surface area contributed by atoms with Gasteiger partial charge in [0.15, 0.2) is 0 Å². The molecular formula is C27H18N6. The van der Waals surface area contributed by atoms with Gasteiger partial charge in [0.25, 0.3) is 0 Å². The van der Waals surface area contributed by atoms with Crippen LogP contribution in [0.1, 0.15) is 0 Å². The quantitative estimate of drug-likeness (QED) is 0.364. The first-order valence-corrected chi connectivity index (χ1v) is 10.8. The van der Waals surface area contributed by atoms with Crippen molar-refractivity contribution in [2.75, 3.05) is 0 Å². The summed E-state index contributed by atoms with van der Waals surface area (Å²) < 4.78 is 6.05. The molecule has 0 unspecified atom stereocenters. The van der Waals surface area contributed by atoms with Gasteiger partial charge in [-0.15, -0.1) is 0 Å². The van der Waals surface area contributed by atoms with Crippen LogP contribution in [0.3, 0.4) is 0 Å². The van der Waals surface area contributed by atoms with E-state index in [4.69, 9.17) is 15.0 Å². The molecule has 6 nitrogen and oxygen atoms in total. The van der Waals surface area contributed by atoms with Crippen LogP contribution in [0.5, 0.6) is 0 Å². The largest absolute Gasteiger partial charge is 0.285 e. The second-order valence-corrected chi connectivity index (χ2v) is 7.97. The molecule has 0 saturated carbocycles. The Bertz CT molecular complexity index is 1560. The monoisotopic (exact) mass is 426 g/mol. The predicted octanol–water partition coefficient (Wildman–Crippen LogP) is 5.70. The minimum atomic E-state index is 0.576. The lowest BCUT2D eigenvalue weighted by Crippen LogP contribution is -2.12. The summed E-state index contributed by atoms with van der Waals surface area (Å²) in [6.45, 7) is 0. The van der Waals surface area contributed by atoms with Gasteiger partial charge in [-0.05, 0) is 36.4 Å². The third-order valence-electron chi connectivity index (χ3n) is 6.04. The average molecular weight is 426 g/mol. The van der Waals surface area contributed by atoms with Crippen LogP contribution in [-0.4, -0.2) is 28.7 Å². The molecule has 0 spiro atoms. The number of hydrogen-bond acceptors (Lipinski definition) is 3. The normalized spacial score (nSPS) is 11.6. The Morgan fingerprint density at radius 1 is 0.364 bits per heavy atom. The molecule has 0 aliphatic heterocycles. The van der Waals surface area contributed by atoms with Crippen LogP contribution < -0.4 is 0 Å². The molecule has 156 valence electrons. The van der Waals surface area contributed by atoms with E-state index in [1.807, 2.05) is 68.7 Å². The summed E-state index contributed by atoms with van der Waals surface area (Å²) in [5.74, 6) is 1.73. The van der Waals surface area contributed by atoms with Crippen LogP contribution in [0.2, 0.25) is 0 Å². The Morgan fingerprint density at radius 3 is 1.00 bits per heavy atom. The number of hydrogen-bond donors (Lipinski definition) is 0. The topological polar surface area (TPSA) is 53.5 Å². The number of nitrogens with zero attached hydrogens (tertiary/aromatic N) is 6. The molecular weight excluding hydrogens is 408 g/mol. The predicted molar refractivity (Wildman–Crippen MR) is 130 cm³/mol. The molecule has 0 bridgehead atoms. The molecule has 7 aromatic rings. The first-order chi connectivity index (χ1) is 16.3. The van der Waals surface area contributed by atoms with E-state index in [0.29, 0.717) is 17.8 Å². The van der Waals surface area contributed by atoms with Crippen LogP contribution in [0, 0.1) is 0 Å². The minimum Gasteiger partial charge on any atom is -0.285 e. The molecule has 33 heavy (non-hydrogen) atoms. The Morgan fingerprint density at radius 2 is 0.667 bits per heavy atom. The van der Waals surface area contributed by atoms with Gasteiger partial charge in [0.05, 0.1) is 16.6 Å². The highest BCUT2D eigenvalue weighted by Crippen LogP contribution is 2.24. The second-order valence-electron chi connectivity index (χ2n) is 7.97. The molecule has 0 fully saturated rings. The van der Waals surface area contributed by atoms with Crippen molar-refractivity contribution in [3.63, 3.8) is 0 Å². The standard InChI is InChI=1S/C27H18N6/c1-4-10-22-19(7-1)13-16-31(22)25-28-26(32-17-14-20-8-2-5-11-23(20)32)30-27(29-25)33-18-15-21-9-3-6-12-24(21)33/h1-18H. The molecule has 6 heteroatoms. The lowest BCUT2D eigenvalue weighted by molar-refractivity contribution is 0.825.